The molecule has 102 valence electrons. The largest absolute Gasteiger partial charge is 0.478 e. The molecule has 1 N–H and O–H groups in total. The molecule has 6 nitrogen and oxygen atoms in total. The third-order valence-corrected chi connectivity index (χ3v) is 2.93. The van der Waals surface area contributed by atoms with E-state index in [1.807, 2.05) is 0 Å². The molecule has 0 aliphatic carbocycles. The van der Waals surface area contributed by atoms with Crippen molar-refractivity contribution in [1.29, 1.82) is 0 Å². The smallest absolute Gasteiger partial charge is 0.338 e. The first-order chi connectivity index (χ1) is 9.41. The lowest BCUT2D eigenvalue weighted by molar-refractivity contribution is -0.384. The number of nitro groups is 1. The Balaban J connectivity index is 2.82. The second-order valence-electron chi connectivity index (χ2n) is 4.35. The van der Waals surface area contributed by atoms with Gasteiger partial charge < -0.3 is 5.11 Å². The molecule has 6 heteroatoms. The zero-order valence-electron chi connectivity index (χ0n) is 11.0. The van der Waals surface area contributed by atoms with Gasteiger partial charge in [-0.15, -0.1) is 0 Å². The predicted molar refractivity (Wildman–Crippen MR) is 72.8 cm³/mol. The fraction of sp³-hybridized carbons (Fsp3) is 0.143. The number of aryl methyl sites for hydroxylation is 2. The average molecular weight is 272 g/mol. The first kappa shape index (κ1) is 13.7. The predicted octanol–water partition coefficient (Wildman–Crippen LogP) is 2.97. The topological polar surface area (TPSA) is 93.3 Å². The Labute approximate surface area is 114 Å². The second-order valence-corrected chi connectivity index (χ2v) is 4.35. The van der Waals surface area contributed by atoms with Gasteiger partial charge in [-0.05, 0) is 26.0 Å². The number of carbonyl (C=O) groups is 1. The molecule has 2 aromatic rings. The van der Waals surface area contributed by atoms with E-state index in [2.05, 4.69) is 4.98 Å². The first-order valence-electron chi connectivity index (χ1n) is 5.87. The van der Waals surface area contributed by atoms with Crippen molar-refractivity contribution < 1.29 is 14.8 Å². The summed E-state index contributed by atoms with van der Waals surface area (Å²) in [5, 5.41) is 20.4. The molecule has 0 atom stereocenters. The van der Waals surface area contributed by atoms with Gasteiger partial charge in [-0.3, -0.25) is 15.1 Å². The number of carboxylic acid groups (broad SMARTS) is 1. The van der Waals surface area contributed by atoms with E-state index in [0.717, 1.165) is 0 Å². The minimum absolute atomic E-state index is 0.00935. The van der Waals surface area contributed by atoms with Gasteiger partial charge in [-0.1, -0.05) is 12.1 Å². The maximum atomic E-state index is 11.4. The van der Waals surface area contributed by atoms with Crippen LogP contribution in [0.3, 0.4) is 0 Å². The van der Waals surface area contributed by atoms with Crippen molar-refractivity contribution in [2.45, 2.75) is 13.8 Å². The van der Waals surface area contributed by atoms with E-state index in [4.69, 9.17) is 0 Å². The molecule has 0 unspecified atom stereocenters. The van der Waals surface area contributed by atoms with Crippen molar-refractivity contribution in [2.75, 3.05) is 0 Å². The zero-order valence-corrected chi connectivity index (χ0v) is 11.0. The van der Waals surface area contributed by atoms with Crippen LogP contribution in [0.25, 0.3) is 11.1 Å². The molecule has 0 spiro atoms. The summed E-state index contributed by atoms with van der Waals surface area (Å²) in [5.41, 5.74) is 1.41. The van der Waals surface area contributed by atoms with Gasteiger partial charge in [0.25, 0.3) is 5.69 Å². The Hall–Kier alpha value is -2.76. The molecule has 1 aromatic heterocycles. The minimum Gasteiger partial charge on any atom is -0.478 e. The number of hydrogen-bond acceptors (Lipinski definition) is 4. The summed E-state index contributed by atoms with van der Waals surface area (Å²) in [6.45, 7) is 3.30. The Morgan fingerprint density at radius 1 is 1.25 bits per heavy atom. The number of pyridine rings is 1. The minimum atomic E-state index is -1.15. The van der Waals surface area contributed by atoms with Gasteiger partial charge in [-0.25, -0.2) is 4.79 Å². The Morgan fingerprint density at radius 3 is 2.50 bits per heavy atom. The summed E-state index contributed by atoms with van der Waals surface area (Å²) in [4.78, 5) is 26.1. The van der Waals surface area contributed by atoms with Crippen LogP contribution in [-0.2, 0) is 0 Å². The number of nitro benzene ring substituents is 1. The Bertz CT molecular complexity index is 710. The molecule has 0 fully saturated rings. The van der Waals surface area contributed by atoms with Crippen LogP contribution in [0, 0.1) is 24.0 Å². The Kier molecular flexibility index (Phi) is 3.47. The highest BCUT2D eigenvalue weighted by atomic mass is 16.6. The van der Waals surface area contributed by atoms with E-state index in [0.29, 0.717) is 17.0 Å². The van der Waals surface area contributed by atoms with Crippen LogP contribution < -0.4 is 0 Å². The molecular formula is C14H12N2O4. The number of nitrogens with zero attached hydrogens (tertiary/aromatic N) is 2. The summed E-state index contributed by atoms with van der Waals surface area (Å²) in [6, 6.07) is 7.63. The third-order valence-electron chi connectivity index (χ3n) is 2.93. The Morgan fingerprint density at radius 2 is 1.90 bits per heavy atom. The SMILES string of the molecule is Cc1cc(-c2ccccc2[N+](=O)[O-])c(C(=O)O)c(C)n1. The molecule has 20 heavy (non-hydrogen) atoms. The molecule has 1 heterocycles. The number of hydrogen-bond donors (Lipinski definition) is 1. The van der Waals surface area contributed by atoms with Crippen LogP contribution in [0.1, 0.15) is 21.7 Å². The lowest BCUT2D eigenvalue weighted by Crippen LogP contribution is -2.06. The number of aromatic nitrogens is 1. The van der Waals surface area contributed by atoms with Gasteiger partial charge in [0.2, 0.25) is 0 Å². The number of benzene rings is 1. The van der Waals surface area contributed by atoms with Crippen LogP contribution in [0.4, 0.5) is 5.69 Å². The van der Waals surface area contributed by atoms with Gasteiger partial charge >= 0.3 is 5.97 Å². The normalized spacial score (nSPS) is 10.3. The maximum Gasteiger partial charge on any atom is 0.338 e. The summed E-state index contributed by atoms with van der Waals surface area (Å²) >= 11 is 0. The lowest BCUT2D eigenvalue weighted by Gasteiger charge is -2.10. The molecule has 0 amide bonds. The molecule has 2 rings (SSSR count). The van der Waals surface area contributed by atoms with Crippen molar-refractivity contribution >= 4 is 11.7 Å². The summed E-state index contributed by atoms with van der Waals surface area (Å²) in [7, 11) is 0. The van der Waals surface area contributed by atoms with Gasteiger partial charge in [0.15, 0.2) is 0 Å². The molecule has 0 radical (unpaired) electrons. The number of rotatable bonds is 3. The quantitative estimate of drug-likeness (QED) is 0.684. The van der Waals surface area contributed by atoms with Crippen molar-refractivity contribution in [1.82, 2.24) is 4.98 Å². The summed E-state index contributed by atoms with van der Waals surface area (Å²) < 4.78 is 0. The van der Waals surface area contributed by atoms with Crippen molar-refractivity contribution in [3.05, 3.63) is 57.4 Å². The van der Waals surface area contributed by atoms with Crippen LogP contribution in [0.5, 0.6) is 0 Å². The van der Waals surface area contributed by atoms with Gasteiger partial charge in [-0.2, -0.15) is 0 Å². The second kappa shape index (κ2) is 5.08. The van der Waals surface area contributed by atoms with E-state index >= 15 is 0 Å². The maximum absolute atomic E-state index is 11.4. The van der Waals surface area contributed by atoms with E-state index in [1.54, 1.807) is 38.1 Å². The number of aromatic carboxylic acids is 1. The fourth-order valence-electron chi connectivity index (χ4n) is 2.17. The van der Waals surface area contributed by atoms with Crippen LogP contribution >= 0.6 is 0 Å². The van der Waals surface area contributed by atoms with Crippen molar-refractivity contribution in [3.63, 3.8) is 0 Å². The van der Waals surface area contributed by atoms with Crippen LogP contribution in [0.2, 0.25) is 0 Å². The molecule has 0 saturated carbocycles. The molecule has 0 aliphatic heterocycles. The van der Waals surface area contributed by atoms with E-state index in [1.165, 1.54) is 6.07 Å². The van der Waals surface area contributed by atoms with E-state index in [9.17, 15) is 20.0 Å². The monoisotopic (exact) mass is 272 g/mol. The first-order valence-corrected chi connectivity index (χ1v) is 5.87. The van der Waals surface area contributed by atoms with Crippen LogP contribution in [-0.4, -0.2) is 21.0 Å². The highest BCUT2D eigenvalue weighted by Gasteiger charge is 2.22. The van der Waals surface area contributed by atoms with E-state index in [-0.39, 0.29) is 16.8 Å². The molecule has 0 aliphatic rings. The average Bonchev–Trinajstić information content (AvgIpc) is 2.37. The third kappa shape index (κ3) is 2.35. The van der Waals surface area contributed by atoms with Gasteiger partial charge in [0.1, 0.15) is 0 Å². The number of carboxylic acids is 1. The molecule has 1 aromatic carbocycles. The molecule has 0 saturated heterocycles. The summed E-state index contributed by atoms with van der Waals surface area (Å²) in [5.74, 6) is -1.15. The standard InChI is InChI=1S/C14H12N2O4/c1-8-7-11(13(14(17)18)9(2)15-8)10-5-3-4-6-12(10)16(19)20/h3-7H,1-2H3,(H,17,18). The summed E-state index contributed by atoms with van der Waals surface area (Å²) in [6.07, 6.45) is 0. The highest BCUT2D eigenvalue weighted by molar-refractivity contribution is 5.98. The van der Waals surface area contributed by atoms with Crippen molar-refractivity contribution in [2.24, 2.45) is 0 Å². The van der Waals surface area contributed by atoms with E-state index < -0.39 is 10.9 Å². The van der Waals surface area contributed by atoms with Gasteiger partial charge in [0.05, 0.1) is 21.7 Å². The molecule has 0 bridgehead atoms. The molecular weight excluding hydrogens is 260 g/mol. The number of para-hydroxylation sites is 1. The van der Waals surface area contributed by atoms with Crippen molar-refractivity contribution in [3.8, 4) is 11.1 Å². The highest BCUT2D eigenvalue weighted by Crippen LogP contribution is 2.33. The lowest BCUT2D eigenvalue weighted by atomic mass is 9.97. The fourth-order valence-corrected chi connectivity index (χ4v) is 2.17. The van der Waals surface area contributed by atoms with Crippen LogP contribution in [0.15, 0.2) is 30.3 Å². The zero-order chi connectivity index (χ0) is 14.9. The van der Waals surface area contributed by atoms with Gasteiger partial charge in [0, 0.05) is 17.3 Å².